The molecule has 2 atom stereocenters. The fourth-order valence-corrected chi connectivity index (χ4v) is 3.63. The Balaban J connectivity index is 2.55. The molecule has 1 spiro atoms. The average Bonchev–Trinajstić information content (AvgIpc) is 2.22. The first kappa shape index (κ1) is 17.2. The van der Waals surface area contributed by atoms with Crippen LogP contribution in [0.4, 0.5) is 8.78 Å². The van der Waals surface area contributed by atoms with E-state index in [1.807, 2.05) is 19.9 Å². The number of halogens is 2. The van der Waals surface area contributed by atoms with Crippen LogP contribution < -0.4 is 0 Å². The SMILES string of the molecule is CC1=C(C(C)(F)F)C(O)CC(C)(C)C12C=C(/C(C)=C\CO)O2. The summed E-state index contributed by atoms with van der Waals surface area (Å²) < 4.78 is 33.8. The van der Waals surface area contributed by atoms with E-state index in [2.05, 4.69) is 0 Å². The van der Waals surface area contributed by atoms with Gasteiger partial charge in [-0.3, -0.25) is 0 Å². The second kappa shape index (κ2) is 5.17. The predicted octanol–water partition coefficient (Wildman–Crippen LogP) is 3.34. The molecular formula is C17H24F2O3. The lowest BCUT2D eigenvalue weighted by molar-refractivity contribution is -0.0973. The van der Waals surface area contributed by atoms with Crippen LogP contribution in [0, 0.1) is 5.41 Å². The molecule has 0 saturated heterocycles. The van der Waals surface area contributed by atoms with Gasteiger partial charge in [0.15, 0.2) is 5.60 Å². The third-order valence-corrected chi connectivity index (χ3v) is 4.87. The van der Waals surface area contributed by atoms with Gasteiger partial charge in [0.2, 0.25) is 0 Å². The number of allylic oxidation sites excluding steroid dienone is 1. The van der Waals surface area contributed by atoms with Crippen LogP contribution in [0.2, 0.25) is 0 Å². The van der Waals surface area contributed by atoms with Crippen LogP contribution in [0.15, 0.2) is 34.6 Å². The molecule has 2 unspecified atom stereocenters. The van der Waals surface area contributed by atoms with E-state index in [1.54, 1.807) is 19.9 Å². The number of hydrogen-bond acceptors (Lipinski definition) is 3. The molecule has 0 radical (unpaired) electrons. The molecule has 0 fully saturated rings. The van der Waals surface area contributed by atoms with Gasteiger partial charge in [-0.05, 0) is 31.4 Å². The number of aliphatic hydroxyl groups excluding tert-OH is 2. The second-order valence-electron chi connectivity index (χ2n) is 6.95. The van der Waals surface area contributed by atoms with Crippen molar-refractivity contribution in [3.63, 3.8) is 0 Å². The van der Waals surface area contributed by atoms with Gasteiger partial charge in [-0.25, -0.2) is 8.78 Å². The summed E-state index contributed by atoms with van der Waals surface area (Å²) in [4.78, 5) is 0. The highest BCUT2D eigenvalue weighted by molar-refractivity contribution is 5.48. The standard InChI is InChI=1S/C17H24F2O3/c1-10(6-7-20)13-9-17(22-13)11(2)14(16(5,18)19)12(21)8-15(17,3)4/h6,9,12,20-21H,7-8H2,1-5H3/b10-6-. The maximum Gasteiger partial charge on any atom is 0.269 e. The molecule has 0 aromatic carbocycles. The Morgan fingerprint density at radius 3 is 2.50 bits per heavy atom. The summed E-state index contributed by atoms with van der Waals surface area (Å²) in [6.07, 6.45) is 2.48. The van der Waals surface area contributed by atoms with E-state index in [1.165, 1.54) is 0 Å². The van der Waals surface area contributed by atoms with Crippen LogP contribution >= 0.6 is 0 Å². The molecule has 3 nitrogen and oxygen atoms in total. The Kier molecular flexibility index (Phi) is 4.03. The van der Waals surface area contributed by atoms with Gasteiger partial charge in [0.1, 0.15) is 5.76 Å². The number of rotatable bonds is 3. The molecule has 0 bridgehead atoms. The van der Waals surface area contributed by atoms with Crippen molar-refractivity contribution >= 4 is 0 Å². The van der Waals surface area contributed by atoms with E-state index >= 15 is 0 Å². The van der Waals surface area contributed by atoms with Crippen molar-refractivity contribution in [3.8, 4) is 0 Å². The number of ether oxygens (including phenoxy) is 1. The third-order valence-electron chi connectivity index (χ3n) is 4.87. The zero-order chi connectivity index (χ0) is 16.9. The lowest BCUT2D eigenvalue weighted by atomic mass is 9.59. The van der Waals surface area contributed by atoms with Gasteiger partial charge in [0, 0.05) is 24.0 Å². The van der Waals surface area contributed by atoms with E-state index < -0.39 is 23.0 Å². The van der Waals surface area contributed by atoms with Crippen molar-refractivity contribution < 1.29 is 23.7 Å². The van der Waals surface area contributed by atoms with Crippen molar-refractivity contribution in [2.75, 3.05) is 6.61 Å². The van der Waals surface area contributed by atoms with Gasteiger partial charge < -0.3 is 14.9 Å². The van der Waals surface area contributed by atoms with Crippen LogP contribution in [0.5, 0.6) is 0 Å². The summed E-state index contributed by atoms with van der Waals surface area (Å²) in [6, 6.07) is 0. The molecule has 2 N–H and O–H groups in total. The van der Waals surface area contributed by atoms with Gasteiger partial charge in [-0.2, -0.15) is 0 Å². The first-order valence-electron chi connectivity index (χ1n) is 7.44. The van der Waals surface area contributed by atoms with Crippen molar-refractivity contribution in [2.45, 2.75) is 58.7 Å². The van der Waals surface area contributed by atoms with Gasteiger partial charge in [0.25, 0.3) is 5.92 Å². The predicted molar refractivity (Wildman–Crippen MR) is 80.5 cm³/mol. The van der Waals surface area contributed by atoms with Gasteiger partial charge in [0.05, 0.1) is 12.7 Å². The van der Waals surface area contributed by atoms with Crippen molar-refractivity contribution in [2.24, 2.45) is 5.41 Å². The quantitative estimate of drug-likeness (QED) is 0.786. The highest BCUT2D eigenvalue weighted by atomic mass is 19.3. The molecular weight excluding hydrogens is 290 g/mol. The topological polar surface area (TPSA) is 49.7 Å². The van der Waals surface area contributed by atoms with Crippen LogP contribution in [0.25, 0.3) is 0 Å². The minimum atomic E-state index is -3.09. The first-order valence-corrected chi connectivity index (χ1v) is 7.44. The smallest absolute Gasteiger partial charge is 0.269 e. The van der Waals surface area contributed by atoms with Crippen molar-refractivity contribution in [1.29, 1.82) is 0 Å². The Labute approximate surface area is 130 Å². The van der Waals surface area contributed by atoms with Gasteiger partial charge in [-0.15, -0.1) is 0 Å². The van der Waals surface area contributed by atoms with E-state index in [4.69, 9.17) is 9.84 Å². The first-order chi connectivity index (χ1) is 9.96. The molecule has 1 heterocycles. The number of hydrogen-bond donors (Lipinski definition) is 2. The normalized spacial score (nSPS) is 31.8. The van der Waals surface area contributed by atoms with Gasteiger partial charge >= 0.3 is 0 Å². The summed E-state index contributed by atoms with van der Waals surface area (Å²) in [7, 11) is 0. The zero-order valence-corrected chi connectivity index (χ0v) is 13.7. The Bertz CT molecular complexity index is 567. The van der Waals surface area contributed by atoms with E-state index in [0.29, 0.717) is 11.3 Å². The summed E-state index contributed by atoms with van der Waals surface area (Å²) in [5.41, 5.74) is -0.530. The molecule has 5 heteroatoms. The largest absolute Gasteiger partial charge is 0.478 e. The minimum absolute atomic E-state index is 0.102. The molecule has 22 heavy (non-hydrogen) atoms. The van der Waals surface area contributed by atoms with Crippen LogP contribution in [-0.4, -0.2) is 34.4 Å². The minimum Gasteiger partial charge on any atom is -0.478 e. The fourth-order valence-electron chi connectivity index (χ4n) is 3.63. The summed E-state index contributed by atoms with van der Waals surface area (Å²) in [6.45, 7) is 7.92. The second-order valence-corrected chi connectivity index (χ2v) is 6.95. The molecule has 0 saturated carbocycles. The number of alkyl halides is 2. The Morgan fingerprint density at radius 1 is 1.50 bits per heavy atom. The zero-order valence-electron chi connectivity index (χ0n) is 13.7. The van der Waals surface area contributed by atoms with Crippen molar-refractivity contribution in [3.05, 3.63) is 34.6 Å². The highest BCUT2D eigenvalue weighted by Crippen LogP contribution is 2.57. The molecule has 0 amide bonds. The fraction of sp³-hybridized carbons (Fsp3) is 0.647. The lowest BCUT2D eigenvalue weighted by Gasteiger charge is -2.56. The third kappa shape index (κ3) is 2.40. The van der Waals surface area contributed by atoms with Crippen LogP contribution in [0.1, 0.15) is 41.0 Å². The van der Waals surface area contributed by atoms with E-state index in [0.717, 1.165) is 12.5 Å². The monoisotopic (exact) mass is 314 g/mol. The summed E-state index contributed by atoms with van der Waals surface area (Å²) in [5.74, 6) is -2.49. The van der Waals surface area contributed by atoms with E-state index in [-0.39, 0.29) is 18.6 Å². The van der Waals surface area contributed by atoms with Crippen LogP contribution in [0.3, 0.4) is 0 Å². The van der Waals surface area contributed by atoms with E-state index in [9.17, 15) is 13.9 Å². The van der Waals surface area contributed by atoms with Gasteiger partial charge in [-0.1, -0.05) is 19.9 Å². The molecule has 2 aliphatic rings. The maximum atomic E-state index is 13.9. The Morgan fingerprint density at radius 2 is 2.05 bits per heavy atom. The molecule has 2 rings (SSSR count). The van der Waals surface area contributed by atoms with Crippen LogP contribution in [-0.2, 0) is 4.74 Å². The molecule has 0 aromatic rings. The summed E-state index contributed by atoms with van der Waals surface area (Å²) >= 11 is 0. The van der Waals surface area contributed by atoms with Crippen molar-refractivity contribution in [1.82, 2.24) is 0 Å². The maximum absolute atomic E-state index is 13.9. The highest BCUT2D eigenvalue weighted by Gasteiger charge is 2.59. The number of aliphatic hydroxyl groups is 2. The summed E-state index contributed by atoms with van der Waals surface area (Å²) in [5, 5.41) is 19.1. The lowest BCUT2D eigenvalue weighted by Crippen LogP contribution is -2.57. The molecule has 1 aliphatic carbocycles. The molecule has 0 aromatic heterocycles. The Hall–Kier alpha value is -1.20. The average molecular weight is 314 g/mol. The molecule has 124 valence electrons. The molecule has 1 aliphatic heterocycles.